The van der Waals surface area contributed by atoms with E-state index in [2.05, 4.69) is 24.5 Å². The molecule has 0 bridgehead atoms. The maximum Gasteiger partial charge on any atom is -0.00370 e. The molecule has 0 aromatic carbocycles. The summed E-state index contributed by atoms with van der Waals surface area (Å²) >= 11 is 0. The first-order valence-corrected chi connectivity index (χ1v) is 5.50. The lowest BCUT2D eigenvalue weighted by Gasteiger charge is -1.95. The van der Waals surface area contributed by atoms with Crippen molar-refractivity contribution in [2.45, 2.75) is 42.0 Å². The van der Waals surface area contributed by atoms with Crippen LogP contribution in [0.5, 0.6) is 0 Å². The minimum absolute atomic E-state index is 0. The van der Waals surface area contributed by atoms with Crippen LogP contribution in [0.25, 0.3) is 0 Å². The summed E-state index contributed by atoms with van der Waals surface area (Å²) in [5, 5.41) is 6.10. The summed E-state index contributed by atoms with van der Waals surface area (Å²) in [6.07, 6.45) is 1.09. The van der Waals surface area contributed by atoms with Crippen LogP contribution in [0.3, 0.4) is 0 Å². The Hall–Kier alpha value is -0.160. The summed E-state index contributed by atoms with van der Waals surface area (Å²) in [5.41, 5.74) is 10.1. The fourth-order valence-corrected chi connectivity index (χ4v) is 0.404. The van der Waals surface area contributed by atoms with Crippen LogP contribution in [0.2, 0.25) is 0 Å². The van der Waals surface area contributed by atoms with Crippen molar-refractivity contribution < 1.29 is 0 Å². The fourth-order valence-electron chi connectivity index (χ4n) is 0.404. The second kappa shape index (κ2) is 46.2. The molecule has 0 fully saturated rings. The molecule has 0 unspecified atom stereocenters. The van der Waals surface area contributed by atoms with Crippen LogP contribution in [0, 0.1) is 0 Å². The van der Waals surface area contributed by atoms with Crippen molar-refractivity contribution >= 4 is 0 Å². The van der Waals surface area contributed by atoms with Gasteiger partial charge in [0.05, 0.1) is 0 Å². The average molecular weight is 238 g/mol. The van der Waals surface area contributed by atoms with Gasteiger partial charge in [0, 0.05) is 0 Å². The van der Waals surface area contributed by atoms with Gasteiger partial charge in [-0.15, -0.1) is 0 Å². The Morgan fingerprint density at radius 1 is 0.938 bits per heavy atom. The number of hydrogen-bond donors (Lipinski definition) is 4. The Balaban J connectivity index is -0.0000000393. The minimum atomic E-state index is 0. The zero-order valence-corrected chi connectivity index (χ0v) is 10.4. The van der Waals surface area contributed by atoms with Gasteiger partial charge in [-0.2, -0.15) is 0 Å². The van der Waals surface area contributed by atoms with E-state index in [4.69, 9.17) is 11.5 Å². The average Bonchev–Trinajstić information content (AvgIpc) is 2.20. The third-order valence-electron chi connectivity index (χ3n) is 1.16. The Morgan fingerprint density at radius 2 is 1.31 bits per heavy atom. The van der Waals surface area contributed by atoms with Gasteiger partial charge in [0.2, 0.25) is 0 Å². The van der Waals surface area contributed by atoms with E-state index in [1.54, 1.807) is 0 Å². The molecule has 16 heavy (non-hydrogen) atoms. The molecule has 0 spiro atoms. The van der Waals surface area contributed by atoms with Crippen molar-refractivity contribution in [3.05, 3.63) is 0 Å². The third-order valence-corrected chi connectivity index (χ3v) is 1.16. The first-order valence-electron chi connectivity index (χ1n) is 5.50. The zero-order valence-electron chi connectivity index (χ0n) is 10.4. The van der Waals surface area contributed by atoms with E-state index in [0.717, 1.165) is 39.1 Å². The number of hydrogen-bond acceptors (Lipinski definition) is 4. The molecule has 0 rings (SSSR count). The van der Waals surface area contributed by atoms with Gasteiger partial charge in [0.15, 0.2) is 0 Å². The van der Waals surface area contributed by atoms with Gasteiger partial charge in [-0.05, 0) is 46.2 Å². The third kappa shape index (κ3) is 97.4. The van der Waals surface area contributed by atoms with E-state index in [1.165, 1.54) is 0 Å². The topological polar surface area (TPSA) is 76.1 Å². The van der Waals surface area contributed by atoms with E-state index in [9.17, 15) is 0 Å². The van der Waals surface area contributed by atoms with Crippen molar-refractivity contribution in [2.24, 2.45) is 11.5 Å². The molecule has 4 heteroatoms. The highest BCUT2D eigenvalue weighted by Gasteiger charge is 1.77. The van der Waals surface area contributed by atoms with Crippen LogP contribution in [0.4, 0.5) is 0 Å². The van der Waals surface area contributed by atoms with Crippen LogP contribution in [-0.4, -0.2) is 39.8 Å². The van der Waals surface area contributed by atoms with E-state index < -0.39 is 0 Å². The largest absolute Gasteiger partial charge is 0.331 e. The highest BCUT2D eigenvalue weighted by Crippen LogP contribution is 1.66. The van der Waals surface area contributed by atoms with Crippen LogP contribution in [-0.2, 0) is 0 Å². The van der Waals surface area contributed by atoms with Gasteiger partial charge in [0.25, 0.3) is 0 Å². The SMILES string of the molecule is C.C.CCN.CCNC.CCNCCCN. The Kier molecular flexibility index (Phi) is 85.8. The summed E-state index contributed by atoms with van der Waals surface area (Å²) in [6, 6.07) is 0. The van der Waals surface area contributed by atoms with E-state index >= 15 is 0 Å². The highest BCUT2D eigenvalue weighted by atomic mass is 14.8. The Labute approximate surface area is 105 Å². The van der Waals surface area contributed by atoms with Crippen LogP contribution in [0.15, 0.2) is 0 Å². The molecule has 0 radical (unpaired) electrons. The van der Waals surface area contributed by atoms with Gasteiger partial charge < -0.3 is 22.1 Å². The summed E-state index contributed by atoms with van der Waals surface area (Å²) in [5.74, 6) is 0. The predicted octanol–water partition coefficient (Wildman–Crippen LogP) is 1.41. The lowest BCUT2D eigenvalue weighted by atomic mass is 10.4. The van der Waals surface area contributed by atoms with E-state index in [0.29, 0.717) is 0 Å². The molecule has 0 saturated carbocycles. The predicted molar refractivity (Wildman–Crippen MR) is 80.0 cm³/mol. The molecule has 6 N–H and O–H groups in total. The van der Waals surface area contributed by atoms with Crippen molar-refractivity contribution in [3.63, 3.8) is 0 Å². The van der Waals surface area contributed by atoms with Gasteiger partial charge >= 0.3 is 0 Å². The molecule has 0 heterocycles. The van der Waals surface area contributed by atoms with Gasteiger partial charge in [-0.3, -0.25) is 0 Å². The molecule has 0 aliphatic carbocycles. The lowest BCUT2D eigenvalue weighted by molar-refractivity contribution is 0.679. The lowest BCUT2D eigenvalue weighted by Crippen LogP contribution is -2.17. The van der Waals surface area contributed by atoms with Crippen molar-refractivity contribution in [3.8, 4) is 0 Å². The summed E-state index contributed by atoms with van der Waals surface area (Å²) in [6.45, 7) is 10.8. The quantitative estimate of drug-likeness (QED) is 0.546. The van der Waals surface area contributed by atoms with E-state index in [1.807, 2.05) is 14.0 Å². The Morgan fingerprint density at radius 3 is 1.50 bits per heavy atom. The molecule has 0 amide bonds. The zero-order chi connectivity index (χ0) is 11.7. The first-order chi connectivity index (χ1) is 6.74. The molecular weight excluding hydrogens is 200 g/mol. The minimum Gasteiger partial charge on any atom is -0.331 e. The maximum atomic E-state index is 5.23. The molecule has 0 aromatic heterocycles. The molecule has 0 aliphatic rings. The smallest absolute Gasteiger partial charge is 0.00370 e. The Bertz CT molecular complexity index is 55.0. The molecular formula is C12H38N4. The van der Waals surface area contributed by atoms with Gasteiger partial charge in [-0.1, -0.05) is 35.6 Å². The molecule has 4 nitrogen and oxygen atoms in total. The maximum absolute atomic E-state index is 5.23. The monoisotopic (exact) mass is 238 g/mol. The molecule has 0 saturated heterocycles. The second-order valence-corrected chi connectivity index (χ2v) is 2.61. The standard InChI is InChI=1S/C5H14N2.C3H9N.C2H7N.2CH4/c1-2-7-5-3-4-6;1-3-4-2;1-2-3;;/h7H,2-6H2,1H3;4H,3H2,1-2H3;2-3H2,1H3;2*1H4. The molecule has 0 aromatic rings. The number of nitrogens with two attached hydrogens (primary N) is 2. The summed E-state index contributed by atoms with van der Waals surface area (Å²) in [4.78, 5) is 0. The van der Waals surface area contributed by atoms with Crippen molar-refractivity contribution in [1.82, 2.24) is 10.6 Å². The summed E-state index contributed by atoms with van der Waals surface area (Å²) < 4.78 is 0. The first kappa shape index (κ1) is 29.7. The number of nitrogens with one attached hydrogen (secondary N) is 2. The highest BCUT2D eigenvalue weighted by molar-refractivity contribution is 4.42. The van der Waals surface area contributed by atoms with Crippen molar-refractivity contribution in [2.75, 3.05) is 39.8 Å². The molecule has 0 atom stereocenters. The van der Waals surface area contributed by atoms with Crippen molar-refractivity contribution in [1.29, 1.82) is 0 Å². The molecule has 0 aliphatic heterocycles. The van der Waals surface area contributed by atoms with Crippen LogP contribution in [0.1, 0.15) is 42.0 Å². The van der Waals surface area contributed by atoms with Crippen LogP contribution < -0.4 is 22.1 Å². The molecule has 106 valence electrons. The number of rotatable bonds is 5. The van der Waals surface area contributed by atoms with Gasteiger partial charge in [-0.25, -0.2) is 0 Å². The van der Waals surface area contributed by atoms with Crippen LogP contribution >= 0.6 is 0 Å². The second-order valence-electron chi connectivity index (χ2n) is 2.61. The normalized spacial score (nSPS) is 7.12. The summed E-state index contributed by atoms with van der Waals surface area (Å²) in [7, 11) is 1.93. The fraction of sp³-hybridized carbons (Fsp3) is 1.00. The van der Waals surface area contributed by atoms with Gasteiger partial charge in [0.1, 0.15) is 0 Å². The van der Waals surface area contributed by atoms with E-state index in [-0.39, 0.29) is 14.9 Å².